The minimum absolute atomic E-state index is 0.376. The van der Waals surface area contributed by atoms with Gasteiger partial charge in [-0.15, -0.1) is 0 Å². The molecule has 0 unspecified atom stereocenters. The topological polar surface area (TPSA) is 29.5 Å². The van der Waals surface area contributed by atoms with Gasteiger partial charge in [-0.2, -0.15) is 0 Å². The minimum Gasteiger partial charge on any atom is -0.508 e. The molecule has 2 aromatic carbocycles. The second-order valence-corrected chi connectivity index (χ2v) is 5.09. The molecule has 0 atom stereocenters. The number of unbranched alkanes of at least 4 members (excludes halogenated alkanes) is 1. The number of hydrogen-bond donors (Lipinski definition) is 1. The number of hydrogen-bond acceptors (Lipinski definition) is 2. The van der Waals surface area contributed by atoms with E-state index in [-0.39, 0.29) is 0 Å². The van der Waals surface area contributed by atoms with Crippen LogP contribution in [0.2, 0.25) is 0 Å². The van der Waals surface area contributed by atoms with Crippen LogP contribution in [-0.2, 0) is 12.8 Å². The Morgan fingerprint density at radius 3 is 2.35 bits per heavy atom. The van der Waals surface area contributed by atoms with Crippen molar-refractivity contribution >= 4 is 0 Å². The minimum atomic E-state index is 0.376. The van der Waals surface area contributed by atoms with Crippen molar-refractivity contribution in [1.29, 1.82) is 0 Å². The third kappa shape index (κ3) is 3.77. The van der Waals surface area contributed by atoms with Gasteiger partial charge >= 0.3 is 0 Å². The van der Waals surface area contributed by atoms with E-state index in [1.165, 1.54) is 24.0 Å². The van der Waals surface area contributed by atoms with Gasteiger partial charge in [-0.3, -0.25) is 0 Å². The third-order valence-corrected chi connectivity index (χ3v) is 3.52. The molecule has 0 aliphatic heterocycles. The van der Waals surface area contributed by atoms with Crippen LogP contribution in [0.4, 0.5) is 0 Å². The average molecular weight is 270 g/mol. The molecule has 1 N–H and O–H groups in total. The number of ether oxygens (including phenoxy) is 1. The molecule has 0 heterocycles. The van der Waals surface area contributed by atoms with Gasteiger partial charge in [-0.05, 0) is 47.7 Å². The Morgan fingerprint density at radius 2 is 1.70 bits per heavy atom. The zero-order chi connectivity index (χ0) is 14.4. The molecule has 0 bridgehead atoms. The molecule has 0 saturated heterocycles. The number of methoxy groups -OCH3 is 1. The van der Waals surface area contributed by atoms with Crippen molar-refractivity contribution in [3.05, 3.63) is 59.2 Å². The van der Waals surface area contributed by atoms with Crippen LogP contribution in [-0.4, -0.2) is 12.2 Å². The van der Waals surface area contributed by atoms with E-state index in [4.69, 9.17) is 4.74 Å². The molecular weight excluding hydrogens is 248 g/mol. The molecule has 0 saturated carbocycles. The van der Waals surface area contributed by atoms with Crippen LogP contribution in [0.15, 0.2) is 42.5 Å². The van der Waals surface area contributed by atoms with Crippen molar-refractivity contribution in [2.24, 2.45) is 0 Å². The first kappa shape index (κ1) is 14.4. The second-order valence-electron chi connectivity index (χ2n) is 5.09. The first-order valence-electron chi connectivity index (χ1n) is 7.16. The molecule has 20 heavy (non-hydrogen) atoms. The average Bonchev–Trinajstić information content (AvgIpc) is 2.49. The van der Waals surface area contributed by atoms with Crippen molar-refractivity contribution < 1.29 is 9.84 Å². The van der Waals surface area contributed by atoms with E-state index < -0.39 is 0 Å². The molecule has 0 aliphatic carbocycles. The highest BCUT2D eigenvalue weighted by Crippen LogP contribution is 2.23. The molecule has 2 nitrogen and oxygen atoms in total. The van der Waals surface area contributed by atoms with Crippen LogP contribution in [0.5, 0.6) is 11.5 Å². The Hall–Kier alpha value is -1.96. The van der Waals surface area contributed by atoms with E-state index >= 15 is 0 Å². The fourth-order valence-electron chi connectivity index (χ4n) is 2.28. The predicted molar refractivity (Wildman–Crippen MR) is 82.5 cm³/mol. The van der Waals surface area contributed by atoms with Gasteiger partial charge < -0.3 is 9.84 Å². The molecule has 0 fully saturated rings. The summed E-state index contributed by atoms with van der Waals surface area (Å²) in [6.45, 7) is 2.19. The van der Waals surface area contributed by atoms with Gasteiger partial charge in [0, 0.05) is 6.42 Å². The number of aryl methyl sites for hydroxylation is 1. The van der Waals surface area contributed by atoms with E-state index in [9.17, 15) is 5.11 Å². The van der Waals surface area contributed by atoms with E-state index in [0.29, 0.717) is 5.75 Å². The van der Waals surface area contributed by atoms with Crippen molar-refractivity contribution in [2.75, 3.05) is 7.11 Å². The van der Waals surface area contributed by atoms with Crippen LogP contribution < -0.4 is 4.74 Å². The Balaban J connectivity index is 2.14. The number of aromatic hydroxyl groups is 1. The fourth-order valence-corrected chi connectivity index (χ4v) is 2.28. The molecular formula is C18H22O2. The second kappa shape index (κ2) is 6.99. The van der Waals surface area contributed by atoms with Gasteiger partial charge in [0.2, 0.25) is 0 Å². The van der Waals surface area contributed by atoms with Crippen LogP contribution >= 0.6 is 0 Å². The Labute approximate surface area is 121 Å². The molecule has 2 heteroatoms. The predicted octanol–water partition coefficient (Wildman–Crippen LogP) is 4.33. The van der Waals surface area contributed by atoms with E-state index in [2.05, 4.69) is 13.0 Å². The van der Waals surface area contributed by atoms with Gasteiger partial charge in [-0.25, -0.2) is 0 Å². The van der Waals surface area contributed by atoms with Crippen molar-refractivity contribution in [3.8, 4) is 11.5 Å². The smallest absolute Gasteiger partial charge is 0.119 e. The molecule has 0 spiro atoms. The zero-order valence-corrected chi connectivity index (χ0v) is 12.2. The summed E-state index contributed by atoms with van der Waals surface area (Å²) in [7, 11) is 1.66. The Morgan fingerprint density at radius 1 is 1.00 bits per heavy atom. The molecule has 0 amide bonds. The summed E-state index contributed by atoms with van der Waals surface area (Å²) in [5.74, 6) is 1.23. The lowest BCUT2D eigenvalue weighted by atomic mass is 9.99. The molecule has 0 radical (unpaired) electrons. The molecule has 0 aromatic heterocycles. The van der Waals surface area contributed by atoms with E-state index in [1.54, 1.807) is 7.11 Å². The lowest BCUT2D eigenvalue weighted by Crippen LogP contribution is -1.93. The summed E-state index contributed by atoms with van der Waals surface area (Å²) < 4.78 is 5.16. The molecule has 2 aromatic rings. The summed E-state index contributed by atoms with van der Waals surface area (Å²) in [5, 5.41) is 10.00. The summed E-state index contributed by atoms with van der Waals surface area (Å²) in [4.78, 5) is 0. The standard InChI is InChI=1S/C18H22O2/c1-3-4-5-14-8-11-18(19)16(12-14)13-15-6-9-17(20-2)10-7-15/h6-12,19H,3-5,13H2,1-2H3. The summed E-state index contributed by atoms with van der Waals surface area (Å²) in [5.41, 5.74) is 3.46. The molecule has 0 aliphatic rings. The quantitative estimate of drug-likeness (QED) is 0.846. The van der Waals surface area contributed by atoms with Gasteiger partial charge in [0.1, 0.15) is 11.5 Å². The van der Waals surface area contributed by atoms with Crippen LogP contribution in [0, 0.1) is 0 Å². The largest absolute Gasteiger partial charge is 0.508 e. The lowest BCUT2D eigenvalue weighted by molar-refractivity contribution is 0.414. The first-order valence-corrected chi connectivity index (χ1v) is 7.16. The normalized spacial score (nSPS) is 10.5. The van der Waals surface area contributed by atoms with Gasteiger partial charge in [0.15, 0.2) is 0 Å². The Bertz CT molecular complexity index is 544. The van der Waals surface area contributed by atoms with Crippen LogP contribution in [0.25, 0.3) is 0 Å². The number of phenols is 1. The zero-order valence-electron chi connectivity index (χ0n) is 12.2. The lowest BCUT2D eigenvalue weighted by Gasteiger charge is -2.08. The first-order chi connectivity index (χ1) is 9.72. The summed E-state index contributed by atoms with van der Waals surface area (Å²) in [6, 6.07) is 13.9. The van der Waals surface area contributed by atoms with Crippen molar-refractivity contribution in [2.45, 2.75) is 32.6 Å². The highest BCUT2D eigenvalue weighted by atomic mass is 16.5. The van der Waals surface area contributed by atoms with Crippen molar-refractivity contribution in [3.63, 3.8) is 0 Å². The maximum Gasteiger partial charge on any atom is 0.119 e. The van der Waals surface area contributed by atoms with E-state index in [0.717, 1.165) is 24.2 Å². The maximum absolute atomic E-state index is 10.00. The fraction of sp³-hybridized carbons (Fsp3) is 0.333. The molecule has 2 rings (SSSR count). The highest BCUT2D eigenvalue weighted by molar-refractivity contribution is 5.40. The van der Waals surface area contributed by atoms with Gasteiger partial charge in [-0.1, -0.05) is 37.6 Å². The van der Waals surface area contributed by atoms with Crippen molar-refractivity contribution in [1.82, 2.24) is 0 Å². The van der Waals surface area contributed by atoms with Crippen LogP contribution in [0.1, 0.15) is 36.5 Å². The van der Waals surface area contributed by atoms with Gasteiger partial charge in [0.05, 0.1) is 7.11 Å². The summed E-state index contributed by atoms with van der Waals surface area (Å²) in [6.07, 6.45) is 4.20. The number of benzene rings is 2. The Kier molecular flexibility index (Phi) is 5.05. The maximum atomic E-state index is 10.00. The molecule has 106 valence electrons. The summed E-state index contributed by atoms with van der Waals surface area (Å²) >= 11 is 0. The van der Waals surface area contributed by atoms with Gasteiger partial charge in [0.25, 0.3) is 0 Å². The van der Waals surface area contributed by atoms with Crippen LogP contribution in [0.3, 0.4) is 0 Å². The highest BCUT2D eigenvalue weighted by Gasteiger charge is 2.05. The monoisotopic (exact) mass is 270 g/mol. The SMILES string of the molecule is CCCCc1ccc(O)c(Cc2ccc(OC)cc2)c1. The van der Waals surface area contributed by atoms with E-state index in [1.807, 2.05) is 36.4 Å². The number of phenolic OH excluding ortho intramolecular Hbond substituents is 1. The third-order valence-electron chi connectivity index (χ3n) is 3.52. The number of rotatable bonds is 6.